The summed E-state index contributed by atoms with van der Waals surface area (Å²) in [6, 6.07) is 21.5. The minimum atomic E-state index is 0.440. The van der Waals surface area contributed by atoms with Crippen LogP contribution in [0.25, 0.3) is 0 Å². The highest BCUT2D eigenvalue weighted by molar-refractivity contribution is 5.79. The number of hydrogen-bond donors (Lipinski definition) is 2. The molecule has 0 amide bonds. The van der Waals surface area contributed by atoms with Crippen LogP contribution in [0.3, 0.4) is 0 Å². The van der Waals surface area contributed by atoms with Crippen LogP contribution in [0.2, 0.25) is 0 Å². The molecule has 0 radical (unpaired) electrons. The fourth-order valence-electron chi connectivity index (χ4n) is 2.55. The molecule has 0 aliphatic rings. The van der Waals surface area contributed by atoms with Gasteiger partial charge in [0.2, 0.25) is 0 Å². The molecule has 1 aromatic heterocycles. The van der Waals surface area contributed by atoms with Gasteiger partial charge < -0.3 is 10.6 Å². The van der Waals surface area contributed by atoms with E-state index >= 15 is 0 Å². The maximum Gasteiger partial charge on any atom is 0.161 e. The summed E-state index contributed by atoms with van der Waals surface area (Å²) in [6.07, 6.45) is 0. The van der Waals surface area contributed by atoms with Crippen molar-refractivity contribution in [2.75, 3.05) is 17.7 Å². The first-order valence-corrected chi connectivity index (χ1v) is 8.11. The van der Waals surface area contributed by atoms with E-state index in [-0.39, 0.29) is 0 Å². The number of rotatable bonds is 5. The number of aromatic nitrogens is 1. The molecule has 2 aromatic carbocycles. The highest BCUT2D eigenvalue weighted by Crippen LogP contribution is 2.36. The van der Waals surface area contributed by atoms with Gasteiger partial charge in [0.15, 0.2) is 11.6 Å². The van der Waals surface area contributed by atoms with Crippen molar-refractivity contribution in [3.05, 3.63) is 71.8 Å². The van der Waals surface area contributed by atoms with Crippen LogP contribution in [0, 0.1) is 18.3 Å². The zero-order valence-electron chi connectivity index (χ0n) is 14.6. The summed E-state index contributed by atoms with van der Waals surface area (Å²) in [5.74, 6) is 1.02. The molecule has 3 aromatic rings. The van der Waals surface area contributed by atoms with Crippen LogP contribution in [0.4, 0.5) is 28.7 Å². The predicted octanol–water partition coefficient (Wildman–Crippen LogP) is 5.46. The quantitative estimate of drug-likeness (QED) is 0.603. The lowest BCUT2D eigenvalue weighted by Gasteiger charge is -2.15. The fourth-order valence-corrected chi connectivity index (χ4v) is 2.55. The predicted molar refractivity (Wildman–Crippen MR) is 104 cm³/mol. The van der Waals surface area contributed by atoms with Gasteiger partial charge in [-0.3, -0.25) is 0 Å². The molecule has 0 unspecified atom stereocenters. The van der Waals surface area contributed by atoms with E-state index in [0.29, 0.717) is 28.5 Å². The summed E-state index contributed by atoms with van der Waals surface area (Å²) in [7, 11) is 1.59. The monoisotopic (exact) mass is 342 g/mol. The number of azo groups is 1. The summed E-state index contributed by atoms with van der Waals surface area (Å²) < 4.78 is 0. The molecule has 6 heteroatoms. The zero-order valence-corrected chi connectivity index (χ0v) is 14.6. The van der Waals surface area contributed by atoms with Crippen molar-refractivity contribution in [3.63, 3.8) is 0 Å². The summed E-state index contributed by atoms with van der Waals surface area (Å²) in [4.78, 5) is 4.62. The van der Waals surface area contributed by atoms with Crippen molar-refractivity contribution in [1.29, 1.82) is 5.26 Å². The number of para-hydroxylation sites is 2. The minimum Gasteiger partial charge on any atom is -0.339 e. The molecular formula is C20H18N6. The molecule has 0 saturated heterocycles. The Morgan fingerprint density at radius 1 is 0.885 bits per heavy atom. The Balaban J connectivity index is 2.11. The van der Waals surface area contributed by atoms with Gasteiger partial charge in [0.25, 0.3) is 0 Å². The highest BCUT2D eigenvalue weighted by atomic mass is 15.1. The summed E-state index contributed by atoms with van der Waals surface area (Å²) >= 11 is 0. The van der Waals surface area contributed by atoms with Crippen LogP contribution >= 0.6 is 0 Å². The van der Waals surface area contributed by atoms with Gasteiger partial charge in [0, 0.05) is 24.0 Å². The van der Waals surface area contributed by atoms with Crippen molar-refractivity contribution in [2.45, 2.75) is 6.92 Å². The minimum absolute atomic E-state index is 0.440. The third-order valence-corrected chi connectivity index (χ3v) is 3.80. The Morgan fingerprint density at radius 2 is 1.42 bits per heavy atom. The molecule has 128 valence electrons. The lowest BCUT2D eigenvalue weighted by atomic mass is 10.1. The Kier molecular flexibility index (Phi) is 5.20. The molecule has 6 nitrogen and oxygen atoms in total. The van der Waals surface area contributed by atoms with Crippen LogP contribution < -0.4 is 10.6 Å². The van der Waals surface area contributed by atoms with Gasteiger partial charge in [-0.05, 0) is 31.2 Å². The second-order valence-electron chi connectivity index (χ2n) is 5.55. The lowest BCUT2D eigenvalue weighted by molar-refractivity contribution is 1.12. The Hall–Kier alpha value is -3.72. The van der Waals surface area contributed by atoms with E-state index in [1.807, 2.05) is 67.6 Å². The summed E-state index contributed by atoms with van der Waals surface area (Å²) in [5, 5.41) is 24.2. The van der Waals surface area contributed by atoms with E-state index in [1.165, 1.54) is 0 Å². The zero-order chi connectivity index (χ0) is 18.4. The number of benzene rings is 2. The largest absolute Gasteiger partial charge is 0.339 e. The number of anilines is 4. The molecule has 0 spiro atoms. The molecule has 0 fully saturated rings. The average molecular weight is 342 g/mol. The molecule has 1 heterocycles. The maximum absolute atomic E-state index is 9.63. The molecule has 3 rings (SSSR count). The summed E-state index contributed by atoms with van der Waals surface area (Å²) in [6.45, 7) is 1.84. The molecule has 0 bridgehead atoms. The van der Waals surface area contributed by atoms with Crippen molar-refractivity contribution in [3.8, 4) is 6.07 Å². The number of nitrogens with one attached hydrogen (secondary N) is 2. The topological polar surface area (TPSA) is 85.5 Å². The van der Waals surface area contributed by atoms with Crippen molar-refractivity contribution >= 4 is 28.7 Å². The first kappa shape index (κ1) is 17.1. The Bertz CT molecular complexity index is 959. The van der Waals surface area contributed by atoms with Gasteiger partial charge >= 0.3 is 0 Å². The van der Waals surface area contributed by atoms with Crippen molar-refractivity contribution in [1.82, 2.24) is 4.98 Å². The van der Waals surface area contributed by atoms with Gasteiger partial charge in [-0.25, -0.2) is 4.98 Å². The van der Waals surface area contributed by atoms with Gasteiger partial charge in [-0.15, -0.1) is 0 Å². The number of nitrogens with zero attached hydrogens (tertiary/aromatic N) is 4. The van der Waals surface area contributed by atoms with Crippen LogP contribution in [0.15, 0.2) is 70.9 Å². The molecule has 0 aliphatic carbocycles. The smallest absolute Gasteiger partial charge is 0.161 e. The van der Waals surface area contributed by atoms with E-state index in [2.05, 4.69) is 31.9 Å². The Labute approximate surface area is 152 Å². The number of hydrogen-bond acceptors (Lipinski definition) is 6. The van der Waals surface area contributed by atoms with E-state index in [0.717, 1.165) is 11.4 Å². The first-order valence-electron chi connectivity index (χ1n) is 8.11. The van der Waals surface area contributed by atoms with Gasteiger partial charge in [0.1, 0.15) is 11.8 Å². The van der Waals surface area contributed by atoms with Gasteiger partial charge in [-0.2, -0.15) is 15.5 Å². The molecule has 2 N–H and O–H groups in total. The highest BCUT2D eigenvalue weighted by Gasteiger charge is 2.17. The van der Waals surface area contributed by atoms with Crippen LogP contribution in [0.5, 0.6) is 0 Å². The number of nitriles is 1. The maximum atomic E-state index is 9.63. The van der Waals surface area contributed by atoms with Crippen LogP contribution in [0.1, 0.15) is 11.1 Å². The fraction of sp³-hybridized carbons (Fsp3) is 0.100. The van der Waals surface area contributed by atoms with E-state index in [4.69, 9.17) is 0 Å². The standard InChI is InChI=1S/C20H18N6/c1-14-17(13-21)19(23-15-9-5-3-6-10-15)25-20(18(14)26-22-2)24-16-11-7-4-8-12-16/h3-12H,1-2H3,(H2,23,24,25). The third kappa shape index (κ3) is 3.68. The Morgan fingerprint density at radius 3 is 1.92 bits per heavy atom. The first-order chi connectivity index (χ1) is 12.7. The lowest BCUT2D eigenvalue weighted by Crippen LogP contribution is -2.04. The van der Waals surface area contributed by atoms with Crippen molar-refractivity contribution < 1.29 is 0 Å². The molecule has 0 saturated carbocycles. The van der Waals surface area contributed by atoms with Crippen LogP contribution in [-0.2, 0) is 0 Å². The number of pyridine rings is 1. The summed E-state index contributed by atoms with van der Waals surface area (Å²) in [5.41, 5.74) is 3.43. The van der Waals surface area contributed by atoms with Gasteiger partial charge in [0.05, 0.1) is 5.56 Å². The van der Waals surface area contributed by atoms with Crippen molar-refractivity contribution in [2.24, 2.45) is 10.2 Å². The second kappa shape index (κ2) is 7.90. The molecule has 0 atom stereocenters. The van der Waals surface area contributed by atoms with Crippen LogP contribution in [-0.4, -0.2) is 12.0 Å². The second-order valence-corrected chi connectivity index (χ2v) is 5.55. The molecule has 0 aliphatic heterocycles. The SMILES string of the molecule is CN=Nc1c(Nc2ccccc2)nc(Nc2ccccc2)c(C#N)c1C. The molecule has 26 heavy (non-hydrogen) atoms. The van der Waals surface area contributed by atoms with E-state index in [1.54, 1.807) is 7.05 Å². The van der Waals surface area contributed by atoms with E-state index < -0.39 is 0 Å². The molecular weight excluding hydrogens is 324 g/mol. The third-order valence-electron chi connectivity index (χ3n) is 3.80. The average Bonchev–Trinajstić information content (AvgIpc) is 2.67. The normalized spacial score (nSPS) is 10.5. The van der Waals surface area contributed by atoms with Gasteiger partial charge in [-0.1, -0.05) is 36.4 Å². The van der Waals surface area contributed by atoms with E-state index in [9.17, 15) is 5.26 Å².